The molecule has 0 amide bonds. The smallest absolute Gasteiger partial charge is 0.160 e. The molecule has 2 aromatic carbocycles. The highest BCUT2D eigenvalue weighted by atomic mass is 16.5. The van der Waals surface area contributed by atoms with Gasteiger partial charge in [-0.3, -0.25) is 0 Å². The number of benzene rings is 2. The van der Waals surface area contributed by atoms with Gasteiger partial charge in [0.25, 0.3) is 0 Å². The van der Waals surface area contributed by atoms with Crippen molar-refractivity contribution in [1.29, 1.82) is 0 Å². The summed E-state index contributed by atoms with van der Waals surface area (Å²) in [6, 6.07) is 11.8. The van der Waals surface area contributed by atoms with Gasteiger partial charge in [-0.15, -0.1) is 0 Å². The minimum Gasteiger partial charge on any atom is -0.508 e. The molecule has 0 aliphatic carbocycles. The Morgan fingerprint density at radius 3 is 2.21 bits per heavy atom. The maximum Gasteiger partial charge on any atom is 0.160 e. The maximum atomic E-state index is 10.5. The van der Waals surface area contributed by atoms with Crippen molar-refractivity contribution in [2.45, 2.75) is 25.5 Å². The quantitative estimate of drug-likeness (QED) is 0.726. The van der Waals surface area contributed by atoms with Crippen molar-refractivity contribution in [2.75, 3.05) is 14.2 Å². The minimum atomic E-state index is -0.791. The summed E-state index contributed by atoms with van der Waals surface area (Å²) >= 11 is 0. The summed E-state index contributed by atoms with van der Waals surface area (Å²) in [5.41, 5.74) is 7.99. The first-order chi connectivity index (χ1) is 11.5. The molecule has 5 heteroatoms. The van der Waals surface area contributed by atoms with Crippen LogP contribution in [-0.4, -0.2) is 30.5 Å². The van der Waals surface area contributed by atoms with E-state index in [9.17, 15) is 10.2 Å². The van der Waals surface area contributed by atoms with Gasteiger partial charge in [0, 0.05) is 6.04 Å². The van der Waals surface area contributed by atoms with E-state index in [0.29, 0.717) is 23.5 Å². The summed E-state index contributed by atoms with van der Waals surface area (Å²) in [6.07, 6.45) is -0.0860. The number of phenolic OH excluding ortho intramolecular Hbond substituents is 1. The van der Waals surface area contributed by atoms with Gasteiger partial charge >= 0.3 is 0 Å². The molecule has 0 fully saturated rings. The first-order valence-electron chi connectivity index (χ1n) is 7.89. The average Bonchev–Trinajstić information content (AvgIpc) is 2.60. The van der Waals surface area contributed by atoms with Crippen LogP contribution in [-0.2, 0) is 6.42 Å². The monoisotopic (exact) mass is 331 g/mol. The van der Waals surface area contributed by atoms with Crippen molar-refractivity contribution >= 4 is 0 Å². The second-order valence-electron chi connectivity index (χ2n) is 5.98. The summed E-state index contributed by atoms with van der Waals surface area (Å²) in [4.78, 5) is 0. The van der Waals surface area contributed by atoms with E-state index in [1.165, 1.54) is 0 Å². The summed E-state index contributed by atoms with van der Waals surface area (Å²) in [5.74, 6) is 1.57. The zero-order valence-electron chi connectivity index (χ0n) is 14.3. The van der Waals surface area contributed by atoms with Crippen LogP contribution in [0.1, 0.15) is 24.2 Å². The highest BCUT2D eigenvalue weighted by molar-refractivity contribution is 5.43. The number of phenols is 1. The molecule has 0 heterocycles. The van der Waals surface area contributed by atoms with Gasteiger partial charge in [-0.1, -0.05) is 25.1 Å². The molecule has 0 saturated heterocycles. The maximum absolute atomic E-state index is 10.5. The third kappa shape index (κ3) is 4.19. The zero-order chi connectivity index (χ0) is 17.7. The largest absolute Gasteiger partial charge is 0.508 e. The molecule has 0 saturated carbocycles. The van der Waals surface area contributed by atoms with Crippen molar-refractivity contribution in [3.05, 3.63) is 53.6 Å². The Hall–Kier alpha value is -2.24. The molecule has 4 N–H and O–H groups in total. The molecule has 0 radical (unpaired) electrons. The average molecular weight is 331 g/mol. The number of hydrogen-bond donors (Lipinski definition) is 3. The lowest BCUT2D eigenvalue weighted by atomic mass is 9.88. The molecule has 0 aliphatic rings. The van der Waals surface area contributed by atoms with Crippen molar-refractivity contribution in [3.63, 3.8) is 0 Å². The third-order valence-corrected chi connectivity index (χ3v) is 4.26. The van der Waals surface area contributed by atoms with Crippen molar-refractivity contribution in [1.82, 2.24) is 0 Å². The highest BCUT2D eigenvalue weighted by Gasteiger charge is 2.23. The van der Waals surface area contributed by atoms with Crippen LogP contribution in [0.25, 0.3) is 0 Å². The zero-order valence-corrected chi connectivity index (χ0v) is 14.3. The Bertz CT molecular complexity index is 657. The van der Waals surface area contributed by atoms with E-state index in [4.69, 9.17) is 15.2 Å². The second-order valence-corrected chi connectivity index (χ2v) is 5.98. The third-order valence-electron chi connectivity index (χ3n) is 4.26. The fourth-order valence-electron chi connectivity index (χ4n) is 2.72. The van der Waals surface area contributed by atoms with Crippen molar-refractivity contribution < 1.29 is 19.7 Å². The molecule has 2 rings (SSSR count). The molecule has 130 valence electrons. The number of ether oxygens (including phenoxy) is 2. The Morgan fingerprint density at radius 2 is 1.62 bits per heavy atom. The predicted octanol–water partition coefficient (Wildman–Crippen LogP) is 2.65. The van der Waals surface area contributed by atoms with E-state index in [2.05, 4.69) is 0 Å². The lowest BCUT2D eigenvalue weighted by Gasteiger charge is -2.25. The first kappa shape index (κ1) is 18.1. The standard InChI is InChI=1S/C19H25NO4/c1-12(10-13-4-9-16(23-2)17(11-13)24-3)18(20)19(22)14-5-7-15(21)8-6-14/h4-9,11-12,18-19,21-22H,10,20H2,1-3H3/t12?,18-,19-/m1/s1. The van der Waals surface area contributed by atoms with Crippen LogP contribution in [0, 0.1) is 5.92 Å². The van der Waals surface area contributed by atoms with E-state index in [1.807, 2.05) is 25.1 Å². The molecule has 0 aromatic heterocycles. The van der Waals surface area contributed by atoms with Gasteiger partial charge in [-0.05, 0) is 47.7 Å². The molecule has 0 spiro atoms. The Labute approximate surface area is 142 Å². The van der Waals surface area contributed by atoms with Crippen molar-refractivity contribution in [2.24, 2.45) is 11.7 Å². The number of nitrogens with two attached hydrogens (primary N) is 1. The number of aromatic hydroxyl groups is 1. The van der Waals surface area contributed by atoms with Crippen LogP contribution in [0.5, 0.6) is 17.2 Å². The summed E-state index contributed by atoms with van der Waals surface area (Å²) < 4.78 is 10.6. The van der Waals surface area contributed by atoms with Gasteiger partial charge in [0.05, 0.1) is 20.3 Å². The van der Waals surface area contributed by atoms with Gasteiger partial charge < -0.3 is 25.4 Å². The highest BCUT2D eigenvalue weighted by Crippen LogP contribution is 2.30. The molecule has 0 bridgehead atoms. The fourth-order valence-corrected chi connectivity index (χ4v) is 2.72. The van der Waals surface area contributed by atoms with Gasteiger partial charge in [-0.2, -0.15) is 0 Å². The van der Waals surface area contributed by atoms with Crippen LogP contribution in [0.2, 0.25) is 0 Å². The van der Waals surface area contributed by atoms with Crippen molar-refractivity contribution in [3.8, 4) is 17.2 Å². The Balaban J connectivity index is 2.08. The lowest BCUT2D eigenvalue weighted by molar-refractivity contribution is 0.121. The SMILES string of the molecule is COc1ccc(CC(C)[C@@H](N)[C@H](O)c2ccc(O)cc2)cc1OC. The second kappa shape index (κ2) is 8.04. The Kier molecular flexibility index (Phi) is 6.06. The summed E-state index contributed by atoms with van der Waals surface area (Å²) in [6.45, 7) is 2.00. The minimum absolute atomic E-state index is 0.0481. The van der Waals surface area contributed by atoms with Crippen LogP contribution in [0.15, 0.2) is 42.5 Å². The first-order valence-corrected chi connectivity index (χ1v) is 7.89. The van der Waals surface area contributed by atoms with Crippen LogP contribution in [0.4, 0.5) is 0 Å². The van der Waals surface area contributed by atoms with Gasteiger partial charge in [0.2, 0.25) is 0 Å². The molecule has 5 nitrogen and oxygen atoms in total. The molecule has 3 atom stereocenters. The normalized spacial score (nSPS) is 14.7. The predicted molar refractivity (Wildman–Crippen MR) is 93.5 cm³/mol. The topological polar surface area (TPSA) is 84.9 Å². The van der Waals surface area contributed by atoms with Crippen LogP contribution < -0.4 is 15.2 Å². The number of methoxy groups -OCH3 is 2. The number of rotatable bonds is 7. The van der Waals surface area contributed by atoms with Crippen LogP contribution in [0.3, 0.4) is 0 Å². The summed E-state index contributed by atoms with van der Waals surface area (Å²) in [7, 11) is 3.20. The molecule has 1 unspecified atom stereocenters. The molecule has 24 heavy (non-hydrogen) atoms. The Morgan fingerprint density at radius 1 is 1.00 bits per heavy atom. The van der Waals surface area contributed by atoms with Gasteiger partial charge in [0.15, 0.2) is 11.5 Å². The lowest BCUT2D eigenvalue weighted by Crippen LogP contribution is -2.36. The number of aliphatic hydroxyl groups is 1. The van der Waals surface area contributed by atoms with Crippen LogP contribution >= 0.6 is 0 Å². The summed E-state index contributed by atoms with van der Waals surface area (Å²) in [5, 5.41) is 19.8. The van der Waals surface area contributed by atoms with E-state index in [0.717, 1.165) is 5.56 Å². The number of aliphatic hydroxyl groups excluding tert-OH is 1. The molecular formula is C19H25NO4. The van der Waals surface area contributed by atoms with Gasteiger partial charge in [0.1, 0.15) is 5.75 Å². The van der Waals surface area contributed by atoms with E-state index >= 15 is 0 Å². The van der Waals surface area contributed by atoms with E-state index in [-0.39, 0.29) is 11.7 Å². The fraction of sp³-hybridized carbons (Fsp3) is 0.368. The number of hydrogen-bond acceptors (Lipinski definition) is 5. The molecular weight excluding hydrogens is 306 g/mol. The molecule has 2 aromatic rings. The van der Waals surface area contributed by atoms with E-state index < -0.39 is 12.1 Å². The van der Waals surface area contributed by atoms with E-state index in [1.54, 1.807) is 38.5 Å². The molecule has 0 aliphatic heterocycles. The van der Waals surface area contributed by atoms with Gasteiger partial charge in [-0.25, -0.2) is 0 Å².